The molecule has 1 aromatic heterocycles. The first-order chi connectivity index (χ1) is 6.34. The minimum Gasteiger partial charge on any atom is -0.337 e. The molecule has 0 spiro atoms. The molecule has 0 N–H and O–H groups in total. The molecule has 2 heterocycles. The van der Waals surface area contributed by atoms with Crippen molar-refractivity contribution in [2.75, 3.05) is 13.1 Å². The van der Waals surface area contributed by atoms with E-state index in [1.54, 1.807) is 11.3 Å². The van der Waals surface area contributed by atoms with Crippen LogP contribution < -0.4 is 0 Å². The number of hydrogen-bond donors (Lipinski definition) is 0. The van der Waals surface area contributed by atoms with Gasteiger partial charge in [-0.1, -0.05) is 6.07 Å². The molecular formula is C10H11NOS. The maximum absolute atomic E-state index is 11.8. The normalized spacial score (nSPS) is 30.3. The number of piperidine rings is 1. The van der Waals surface area contributed by atoms with Gasteiger partial charge in [-0.3, -0.25) is 4.79 Å². The van der Waals surface area contributed by atoms with E-state index in [2.05, 4.69) is 0 Å². The van der Waals surface area contributed by atoms with Crippen molar-refractivity contribution < 1.29 is 4.79 Å². The lowest BCUT2D eigenvalue weighted by Crippen LogP contribution is -2.29. The van der Waals surface area contributed by atoms with Crippen LogP contribution in [-0.4, -0.2) is 23.9 Å². The highest BCUT2D eigenvalue weighted by Gasteiger charge is 2.46. The number of nitrogens with zero attached hydrogens (tertiary/aromatic N) is 1. The Balaban J connectivity index is 1.75. The highest BCUT2D eigenvalue weighted by molar-refractivity contribution is 7.12. The van der Waals surface area contributed by atoms with Gasteiger partial charge < -0.3 is 4.90 Å². The van der Waals surface area contributed by atoms with E-state index in [0.29, 0.717) is 0 Å². The van der Waals surface area contributed by atoms with Crippen molar-refractivity contribution in [2.24, 2.45) is 11.8 Å². The van der Waals surface area contributed by atoms with Gasteiger partial charge in [-0.15, -0.1) is 11.3 Å². The summed E-state index contributed by atoms with van der Waals surface area (Å²) in [6, 6.07) is 3.85. The van der Waals surface area contributed by atoms with E-state index in [1.165, 1.54) is 6.42 Å². The molecule has 0 aromatic carbocycles. The molecule has 13 heavy (non-hydrogen) atoms. The molecule has 1 amide bonds. The Labute approximate surface area is 81.2 Å². The molecule has 2 fully saturated rings. The van der Waals surface area contributed by atoms with E-state index in [4.69, 9.17) is 0 Å². The van der Waals surface area contributed by atoms with E-state index in [9.17, 15) is 4.79 Å². The van der Waals surface area contributed by atoms with Gasteiger partial charge in [-0.25, -0.2) is 0 Å². The zero-order valence-corrected chi connectivity index (χ0v) is 8.09. The van der Waals surface area contributed by atoms with Crippen molar-refractivity contribution in [3.8, 4) is 0 Å². The van der Waals surface area contributed by atoms with Crippen molar-refractivity contribution in [3.63, 3.8) is 0 Å². The molecule has 2 atom stereocenters. The van der Waals surface area contributed by atoms with E-state index in [0.717, 1.165) is 29.8 Å². The summed E-state index contributed by atoms with van der Waals surface area (Å²) in [7, 11) is 0. The Morgan fingerprint density at radius 2 is 2.23 bits per heavy atom. The van der Waals surface area contributed by atoms with E-state index in [-0.39, 0.29) is 5.91 Å². The predicted octanol–water partition coefficient (Wildman–Crippen LogP) is 1.84. The van der Waals surface area contributed by atoms with Gasteiger partial charge in [-0.05, 0) is 29.7 Å². The van der Waals surface area contributed by atoms with Gasteiger partial charge in [0.2, 0.25) is 0 Å². The second kappa shape index (κ2) is 2.58. The zero-order valence-electron chi connectivity index (χ0n) is 7.27. The van der Waals surface area contributed by atoms with Gasteiger partial charge in [0.05, 0.1) is 4.88 Å². The molecule has 1 aliphatic carbocycles. The molecule has 68 valence electrons. The first-order valence-electron chi connectivity index (χ1n) is 4.67. The summed E-state index contributed by atoms with van der Waals surface area (Å²) in [5, 5.41) is 1.96. The Bertz CT molecular complexity index is 323. The van der Waals surface area contributed by atoms with Crippen LogP contribution in [0.5, 0.6) is 0 Å². The summed E-state index contributed by atoms with van der Waals surface area (Å²) in [4.78, 5) is 14.7. The molecule has 3 rings (SSSR count). The zero-order chi connectivity index (χ0) is 8.84. The number of amides is 1. The van der Waals surface area contributed by atoms with Gasteiger partial charge in [0.1, 0.15) is 0 Å². The van der Waals surface area contributed by atoms with Crippen LogP contribution in [0.25, 0.3) is 0 Å². The van der Waals surface area contributed by atoms with Crippen LogP contribution in [0.15, 0.2) is 17.5 Å². The number of fused-ring (bicyclic) bond motifs is 1. The maximum atomic E-state index is 11.8. The lowest BCUT2D eigenvalue weighted by atomic mass is 10.4. The van der Waals surface area contributed by atoms with Crippen LogP contribution in [0.3, 0.4) is 0 Å². The topological polar surface area (TPSA) is 20.3 Å². The highest BCUT2D eigenvalue weighted by atomic mass is 32.1. The summed E-state index contributed by atoms with van der Waals surface area (Å²) >= 11 is 1.54. The lowest BCUT2D eigenvalue weighted by Gasteiger charge is -2.16. The Morgan fingerprint density at radius 3 is 2.85 bits per heavy atom. The predicted molar refractivity (Wildman–Crippen MR) is 51.8 cm³/mol. The third-order valence-electron chi connectivity index (χ3n) is 3.00. The van der Waals surface area contributed by atoms with Crippen molar-refractivity contribution in [1.82, 2.24) is 4.90 Å². The molecule has 3 heteroatoms. The Morgan fingerprint density at radius 1 is 1.46 bits per heavy atom. The maximum Gasteiger partial charge on any atom is 0.263 e. The molecule has 2 nitrogen and oxygen atoms in total. The minimum absolute atomic E-state index is 0.238. The smallest absolute Gasteiger partial charge is 0.263 e. The van der Waals surface area contributed by atoms with Gasteiger partial charge in [0.25, 0.3) is 5.91 Å². The molecule has 1 saturated carbocycles. The van der Waals surface area contributed by atoms with Gasteiger partial charge in [0.15, 0.2) is 0 Å². The summed E-state index contributed by atoms with van der Waals surface area (Å²) in [6.07, 6.45) is 1.36. The van der Waals surface area contributed by atoms with Crippen molar-refractivity contribution in [3.05, 3.63) is 22.4 Å². The van der Waals surface area contributed by atoms with E-state index in [1.807, 2.05) is 22.4 Å². The summed E-state index contributed by atoms with van der Waals surface area (Å²) in [5.41, 5.74) is 0. The number of carbonyl (C=O) groups is 1. The Hall–Kier alpha value is -0.830. The monoisotopic (exact) mass is 193 g/mol. The number of carbonyl (C=O) groups excluding carboxylic acids is 1. The third kappa shape index (κ3) is 1.18. The van der Waals surface area contributed by atoms with Gasteiger partial charge >= 0.3 is 0 Å². The fourth-order valence-corrected chi connectivity index (χ4v) is 2.81. The average molecular weight is 193 g/mol. The van der Waals surface area contributed by atoms with Crippen LogP contribution in [0.1, 0.15) is 16.1 Å². The summed E-state index contributed by atoms with van der Waals surface area (Å²) in [5.74, 6) is 1.91. The van der Waals surface area contributed by atoms with Crippen molar-refractivity contribution >= 4 is 17.2 Å². The molecule has 1 aromatic rings. The quantitative estimate of drug-likeness (QED) is 0.666. The van der Waals surface area contributed by atoms with E-state index < -0.39 is 0 Å². The highest BCUT2D eigenvalue weighted by Crippen LogP contribution is 2.45. The number of rotatable bonds is 1. The SMILES string of the molecule is O=C(c1cccs1)N1CC2CC2C1. The molecule has 0 radical (unpaired) electrons. The summed E-state index contributed by atoms with van der Waals surface area (Å²) in [6.45, 7) is 2.00. The second-order valence-corrected chi connectivity index (χ2v) is 4.89. The van der Waals surface area contributed by atoms with Crippen LogP contribution >= 0.6 is 11.3 Å². The van der Waals surface area contributed by atoms with Crippen LogP contribution in [0.4, 0.5) is 0 Å². The molecule has 1 saturated heterocycles. The van der Waals surface area contributed by atoms with Crippen LogP contribution in [-0.2, 0) is 0 Å². The van der Waals surface area contributed by atoms with Crippen LogP contribution in [0.2, 0.25) is 0 Å². The first-order valence-corrected chi connectivity index (χ1v) is 5.55. The van der Waals surface area contributed by atoms with Crippen molar-refractivity contribution in [2.45, 2.75) is 6.42 Å². The molecule has 2 unspecified atom stereocenters. The van der Waals surface area contributed by atoms with Crippen LogP contribution in [0, 0.1) is 11.8 Å². The molecular weight excluding hydrogens is 182 g/mol. The average Bonchev–Trinajstić information content (AvgIpc) is 2.63. The lowest BCUT2D eigenvalue weighted by molar-refractivity contribution is 0.0780. The van der Waals surface area contributed by atoms with Gasteiger partial charge in [-0.2, -0.15) is 0 Å². The van der Waals surface area contributed by atoms with E-state index >= 15 is 0 Å². The third-order valence-corrected chi connectivity index (χ3v) is 3.86. The molecule has 0 bridgehead atoms. The van der Waals surface area contributed by atoms with Gasteiger partial charge in [0, 0.05) is 13.1 Å². The number of likely N-dealkylation sites (tertiary alicyclic amines) is 1. The number of thiophene rings is 1. The fraction of sp³-hybridized carbons (Fsp3) is 0.500. The fourth-order valence-electron chi connectivity index (χ4n) is 2.12. The minimum atomic E-state index is 0.238. The first kappa shape index (κ1) is 7.56. The summed E-state index contributed by atoms with van der Waals surface area (Å²) < 4.78 is 0. The second-order valence-electron chi connectivity index (χ2n) is 3.94. The van der Waals surface area contributed by atoms with Crippen molar-refractivity contribution in [1.29, 1.82) is 0 Å². The largest absolute Gasteiger partial charge is 0.337 e. The standard InChI is InChI=1S/C10H11NOS/c12-10(9-2-1-3-13-9)11-5-7-4-8(7)6-11/h1-3,7-8H,4-6H2. The number of hydrogen-bond acceptors (Lipinski definition) is 2. The Kier molecular flexibility index (Phi) is 1.50. The molecule has 1 aliphatic heterocycles. The molecule has 2 aliphatic rings.